The first kappa shape index (κ1) is 23.1. The summed E-state index contributed by atoms with van der Waals surface area (Å²) in [7, 11) is 1.54. The van der Waals surface area contributed by atoms with Gasteiger partial charge in [-0.25, -0.2) is 0 Å². The lowest BCUT2D eigenvalue weighted by atomic mass is 10.0. The maximum absolute atomic E-state index is 11.9. The van der Waals surface area contributed by atoms with Gasteiger partial charge >= 0.3 is 12.0 Å². The zero-order valence-corrected chi connectivity index (χ0v) is 19.5. The van der Waals surface area contributed by atoms with E-state index in [1.807, 2.05) is 66.9 Å². The highest BCUT2D eigenvalue weighted by Crippen LogP contribution is 2.32. The Morgan fingerprint density at radius 1 is 1.08 bits per heavy atom. The van der Waals surface area contributed by atoms with Gasteiger partial charge in [0.05, 0.1) is 12.8 Å². The maximum atomic E-state index is 11.9. The highest BCUT2D eigenvalue weighted by atomic mass is 16.5. The zero-order valence-electron chi connectivity index (χ0n) is 19.5. The molecule has 0 spiro atoms. The first-order valence-corrected chi connectivity index (χ1v) is 11.3. The molecule has 182 valence electrons. The van der Waals surface area contributed by atoms with Crippen molar-refractivity contribution in [3.63, 3.8) is 0 Å². The molecular weight excluding hydrogens is 460 g/mol. The summed E-state index contributed by atoms with van der Waals surface area (Å²) in [4.78, 5) is 15.1. The van der Waals surface area contributed by atoms with E-state index in [1.54, 1.807) is 12.1 Å². The van der Waals surface area contributed by atoms with Gasteiger partial charge in [-0.3, -0.25) is 4.79 Å². The van der Waals surface area contributed by atoms with Gasteiger partial charge in [0.2, 0.25) is 0 Å². The Labute approximate surface area is 206 Å². The van der Waals surface area contributed by atoms with Crippen LogP contribution in [0.25, 0.3) is 16.6 Å². The molecule has 0 saturated heterocycles. The molecule has 0 radical (unpaired) electrons. The molecule has 0 aliphatic carbocycles. The minimum absolute atomic E-state index is 0.190. The number of aromatic nitrogens is 5. The quantitative estimate of drug-likeness (QED) is 0.274. The van der Waals surface area contributed by atoms with Crippen LogP contribution in [0, 0.1) is 0 Å². The molecule has 3 N–H and O–H groups in total. The average molecular weight is 485 g/mol. The van der Waals surface area contributed by atoms with Crippen molar-refractivity contribution in [2.24, 2.45) is 0 Å². The molecule has 1 atom stereocenters. The molecule has 10 heteroatoms. The summed E-state index contributed by atoms with van der Waals surface area (Å²) in [6, 6.07) is 22.0. The Hall–Kier alpha value is -4.70. The van der Waals surface area contributed by atoms with Crippen molar-refractivity contribution < 1.29 is 19.4 Å². The Morgan fingerprint density at radius 3 is 2.69 bits per heavy atom. The lowest BCUT2D eigenvalue weighted by Crippen LogP contribution is -2.38. The van der Waals surface area contributed by atoms with Gasteiger partial charge < -0.3 is 24.9 Å². The van der Waals surface area contributed by atoms with E-state index in [0.717, 1.165) is 27.7 Å². The number of H-pyrrole nitrogens is 1. The summed E-state index contributed by atoms with van der Waals surface area (Å²) >= 11 is 0. The van der Waals surface area contributed by atoms with Crippen LogP contribution in [0.15, 0.2) is 79.0 Å². The molecule has 10 nitrogen and oxygen atoms in total. The lowest BCUT2D eigenvalue weighted by Gasteiger charge is -2.16. The van der Waals surface area contributed by atoms with Gasteiger partial charge in [0.25, 0.3) is 0 Å². The first-order chi connectivity index (χ1) is 17.6. The van der Waals surface area contributed by atoms with Crippen LogP contribution in [0.2, 0.25) is 0 Å². The van der Waals surface area contributed by atoms with Crippen LogP contribution in [-0.4, -0.2) is 49.4 Å². The van der Waals surface area contributed by atoms with Crippen molar-refractivity contribution in [1.82, 2.24) is 30.5 Å². The fourth-order valence-electron chi connectivity index (χ4n) is 3.99. The SMILES string of the molecule is COc1cc(CNC(Cc2c[nH]c3ccccc23)C(=O)O)ccc1Oc1nnnn1-c1ccccc1. The monoisotopic (exact) mass is 484 g/mol. The van der Waals surface area contributed by atoms with Gasteiger partial charge in [0.1, 0.15) is 6.04 Å². The number of aliphatic carboxylic acids is 1. The largest absolute Gasteiger partial charge is 0.493 e. The standard InChI is InChI=1S/C26H24N6O4/c1-35-24-13-17(11-12-23(24)36-26-29-30-31-32(26)19-7-3-2-4-8-19)15-27-22(25(33)34)14-18-16-28-21-10-6-5-9-20(18)21/h2-13,16,22,27-28H,14-15H2,1H3,(H,33,34). The van der Waals surface area contributed by atoms with Crippen molar-refractivity contribution in [1.29, 1.82) is 0 Å². The van der Waals surface area contributed by atoms with Crippen LogP contribution in [0.4, 0.5) is 0 Å². The second kappa shape index (κ2) is 10.3. The molecule has 36 heavy (non-hydrogen) atoms. The number of hydrogen-bond acceptors (Lipinski definition) is 7. The number of fused-ring (bicyclic) bond motifs is 1. The minimum Gasteiger partial charge on any atom is -0.493 e. The molecular formula is C26H24N6O4. The molecule has 0 saturated carbocycles. The number of carboxylic acids is 1. The summed E-state index contributed by atoms with van der Waals surface area (Å²) in [5, 5.41) is 25.6. The molecule has 5 aromatic rings. The predicted molar refractivity (Wildman–Crippen MR) is 132 cm³/mol. The van der Waals surface area contributed by atoms with Crippen LogP contribution < -0.4 is 14.8 Å². The van der Waals surface area contributed by atoms with Crippen LogP contribution >= 0.6 is 0 Å². The summed E-state index contributed by atoms with van der Waals surface area (Å²) in [6.45, 7) is 0.331. The Morgan fingerprint density at radius 2 is 1.89 bits per heavy atom. The van der Waals surface area contributed by atoms with Crippen molar-refractivity contribution in [3.05, 3.63) is 90.1 Å². The molecule has 1 unspecified atom stereocenters. The van der Waals surface area contributed by atoms with E-state index >= 15 is 0 Å². The van der Waals surface area contributed by atoms with Crippen molar-refractivity contribution >= 4 is 16.9 Å². The fourth-order valence-corrected chi connectivity index (χ4v) is 3.99. The Kier molecular flexibility index (Phi) is 6.59. The topological polar surface area (TPSA) is 127 Å². The van der Waals surface area contributed by atoms with Crippen molar-refractivity contribution in [2.75, 3.05) is 7.11 Å². The number of nitrogens with zero attached hydrogens (tertiary/aromatic N) is 4. The van der Waals surface area contributed by atoms with E-state index in [-0.39, 0.29) is 6.01 Å². The van der Waals surface area contributed by atoms with Gasteiger partial charge in [-0.05, 0) is 51.9 Å². The number of carbonyl (C=O) groups is 1. The summed E-state index contributed by atoms with van der Waals surface area (Å²) in [5.41, 5.74) is 3.53. The van der Waals surface area contributed by atoms with Gasteiger partial charge in [-0.2, -0.15) is 4.68 Å². The highest BCUT2D eigenvalue weighted by molar-refractivity contribution is 5.84. The third kappa shape index (κ3) is 4.89. The van der Waals surface area contributed by atoms with Crippen LogP contribution in [0.5, 0.6) is 17.5 Å². The molecule has 2 heterocycles. The molecule has 0 aliphatic heterocycles. The average Bonchev–Trinajstić information content (AvgIpc) is 3.54. The van der Waals surface area contributed by atoms with Gasteiger partial charge in [0.15, 0.2) is 11.5 Å². The second-order valence-electron chi connectivity index (χ2n) is 8.13. The first-order valence-electron chi connectivity index (χ1n) is 11.3. The number of carboxylic acid groups (broad SMARTS) is 1. The summed E-state index contributed by atoms with van der Waals surface area (Å²) in [5.74, 6) is -0.0119. The molecule has 3 aromatic carbocycles. The maximum Gasteiger partial charge on any atom is 0.346 e. The number of aromatic amines is 1. The number of rotatable bonds is 10. The van der Waals surface area contributed by atoms with Gasteiger partial charge in [-0.15, -0.1) is 0 Å². The smallest absolute Gasteiger partial charge is 0.346 e. The number of methoxy groups -OCH3 is 1. The van der Waals surface area contributed by atoms with E-state index < -0.39 is 12.0 Å². The van der Waals surface area contributed by atoms with Crippen LogP contribution in [0.1, 0.15) is 11.1 Å². The van der Waals surface area contributed by atoms with E-state index in [9.17, 15) is 9.90 Å². The van der Waals surface area contributed by atoms with Crippen LogP contribution in [-0.2, 0) is 17.8 Å². The lowest BCUT2D eigenvalue weighted by molar-refractivity contribution is -0.139. The molecule has 0 aliphatic rings. The zero-order chi connectivity index (χ0) is 24.9. The Bertz CT molecular complexity index is 1480. The van der Waals surface area contributed by atoms with Crippen molar-refractivity contribution in [2.45, 2.75) is 19.0 Å². The fraction of sp³-hybridized carbons (Fsp3) is 0.154. The molecule has 0 amide bonds. The van der Waals surface area contributed by atoms with Crippen LogP contribution in [0.3, 0.4) is 0 Å². The molecule has 2 aromatic heterocycles. The third-order valence-corrected chi connectivity index (χ3v) is 5.82. The van der Waals surface area contributed by atoms with E-state index in [2.05, 4.69) is 25.8 Å². The number of ether oxygens (including phenoxy) is 2. The molecule has 0 fully saturated rings. The third-order valence-electron chi connectivity index (χ3n) is 5.82. The van der Waals surface area contributed by atoms with E-state index in [1.165, 1.54) is 11.8 Å². The summed E-state index contributed by atoms with van der Waals surface area (Å²) in [6.07, 6.45) is 2.21. The van der Waals surface area contributed by atoms with Gasteiger partial charge in [-0.1, -0.05) is 47.6 Å². The van der Waals surface area contributed by atoms with Gasteiger partial charge in [0, 0.05) is 30.1 Å². The number of para-hydroxylation sites is 2. The highest BCUT2D eigenvalue weighted by Gasteiger charge is 2.20. The predicted octanol–water partition coefficient (Wildman–Crippen LogP) is 3.73. The number of nitrogens with one attached hydrogen (secondary N) is 2. The summed E-state index contributed by atoms with van der Waals surface area (Å²) < 4.78 is 12.9. The van der Waals surface area contributed by atoms with Crippen molar-refractivity contribution in [3.8, 4) is 23.2 Å². The number of benzene rings is 3. The minimum atomic E-state index is -0.917. The van der Waals surface area contributed by atoms with E-state index in [0.29, 0.717) is 24.5 Å². The molecule has 5 rings (SSSR count). The number of tetrazole rings is 1. The second-order valence-corrected chi connectivity index (χ2v) is 8.13. The Balaban J connectivity index is 1.29. The normalized spacial score (nSPS) is 11.9. The number of hydrogen-bond donors (Lipinski definition) is 3. The molecule has 0 bridgehead atoms. The van der Waals surface area contributed by atoms with E-state index in [4.69, 9.17) is 9.47 Å².